The molecule has 1 amide bonds. The van der Waals surface area contributed by atoms with Crippen molar-refractivity contribution in [1.29, 1.82) is 0 Å². The summed E-state index contributed by atoms with van der Waals surface area (Å²) in [6.07, 6.45) is 5.94. The number of benzene rings is 2. The van der Waals surface area contributed by atoms with Crippen LogP contribution in [0.1, 0.15) is 31.7 Å². The van der Waals surface area contributed by atoms with Crippen LogP contribution in [-0.2, 0) is 4.79 Å². The van der Waals surface area contributed by atoms with E-state index in [4.69, 9.17) is 10.5 Å². The maximum absolute atomic E-state index is 15.4. The fourth-order valence-corrected chi connectivity index (χ4v) is 5.16. The van der Waals surface area contributed by atoms with E-state index in [0.717, 1.165) is 18.9 Å². The van der Waals surface area contributed by atoms with Crippen LogP contribution in [-0.4, -0.2) is 43.7 Å². The van der Waals surface area contributed by atoms with Crippen molar-refractivity contribution in [1.82, 2.24) is 25.1 Å². The lowest BCUT2D eigenvalue weighted by Gasteiger charge is -2.29. The molecule has 210 valence electrons. The summed E-state index contributed by atoms with van der Waals surface area (Å²) in [4.78, 5) is 20.3. The number of ether oxygens (including phenoxy) is 1. The second kappa shape index (κ2) is 11.3. The summed E-state index contributed by atoms with van der Waals surface area (Å²) in [5.41, 5.74) is 6.64. The Balaban J connectivity index is 1.45. The van der Waals surface area contributed by atoms with Gasteiger partial charge in [-0.3, -0.25) is 4.79 Å². The summed E-state index contributed by atoms with van der Waals surface area (Å²) < 4.78 is 77.1. The summed E-state index contributed by atoms with van der Waals surface area (Å²) in [5.74, 6) is -9.01. The lowest BCUT2D eigenvalue weighted by atomic mass is 9.91. The average Bonchev–Trinajstić information content (AvgIpc) is 3.31. The third-order valence-electron chi connectivity index (χ3n) is 6.69. The minimum atomic E-state index is -1.75. The number of thioether (sulfide) groups is 1. The molecule has 14 heteroatoms. The minimum absolute atomic E-state index is 0.0146. The number of carbonyl (C=O) groups is 1. The highest BCUT2D eigenvalue weighted by Gasteiger charge is 2.29. The van der Waals surface area contributed by atoms with Gasteiger partial charge in [-0.05, 0) is 44.1 Å². The zero-order valence-electron chi connectivity index (χ0n) is 21.1. The number of hydrogen-bond acceptors (Lipinski definition) is 7. The van der Waals surface area contributed by atoms with Crippen LogP contribution in [0.2, 0.25) is 0 Å². The summed E-state index contributed by atoms with van der Waals surface area (Å²) in [6.45, 7) is 0. The smallest absolute Gasteiger partial charge is 0.230 e. The second-order valence-electron chi connectivity index (χ2n) is 9.30. The van der Waals surface area contributed by atoms with Gasteiger partial charge in [0.15, 0.2) is 17.3 Å². The summed E-state index contributed by atoms with van der Waals surface area (Å²) in [6, 6.07) is 3.22. The van der Waals surface area contributed by atoms with Gasteiger partial charge in [0.1, 0.15) is 29.4 Å². The SMILES string of the molecule is CSCC(=O)NC1CCC(n2nc(-c3ccc(Oc4c(F)c(F)cc(F)c4F)cc3F)c3c(N)ncnc32)CC1. The number of rotatable bonds is 7. The van der Waals surface area contributed by atoms with Crippen molar-refractivity contribution in [2.24, 2.45) is 0 Å². The topological polar surface area (TPSA) is 108 Å². The Hall–Kier alpha value is -3.94. The predicted octanol–water partition coefficient (Wildman–Crippen LogP) is 5.53. The van der Waals surface area contributed by atoms with E-state index >= 15 is 4.39 Å². The fraction of sp³-hybridized carbons (Fsp3) is 0.308. The molecule has 0 saturated heterocycles. The molecule has 1 aliphatic carbocycles. The fourth-order valence-electron chi connectivity index (χ4n) is 4.81. The number of nitrogen functional groups attached to an aromatic ring is 1. The van der Waals surface area contributed by atoms with Crippen LogP contribution in [0.4, 0.5) is 27.8 Å². The Morgan fingerprint density at radius 1 is 1.05 bits per heavy atom. The highest BCUT2D eigenvalue weighted by Crippen LogP contribution is 2.38. The molecule has 2 aromatic carbocycles. The van der Waals surface area contributed by atoms with Crippen LogP contribution in [0.5, 0.6) is 11.5 Å². The quantitative estimate of drug-likeness (QED) is 0.219. The van der Waals surface area contributed by atoms with Crippen LogP contribution in [0.25, 0.3) is 22.3 Å². The van der Waals surface area contributed by atoms with E-state index < -0.39 is 40.6 Å². The van der Waals surface area contributed by atoms with Gasteiger partial charge in [-0.15, -0.1) is 0 Å². The zero-order chi connectivity index (χ0) is 28.6. The van der Waals surface area contributed by atoms with Gasteiger partial charge in [-0.25, -0.2) is 27.8 Å². The Morgan fingerprint density at radius 2 is 1.75 bits per heavy atom. The molecular weight excluding hydrogens is 555 g/mol. The molecule has 2 aromatic heterocycles. The van der Waals surface area contributed by atoms with Gasteiger partial charge in [0.05, 0.1) is 17.2 Å². The van der Waals surface area contributed by atoms with Crippen molar-refractivity contribution in [3.63, 3.8) is 0 Å². The molecule has 0 atom stereocenters. The molecule has 8 nitrogen and oxygen atoms in total. The number of nitrogens with zero attached hydrogens (tertiary/aromatic N) is 4. The number of aromatic nitrogens is 4. The number of halogens is 5. The van der Waals surface area contributed by atoms with Crippen molar-refractivity contribution < 1.29 is 31.5 Å². The van der Waals surface area contributed by atoms with Crippen molar-refractivity contribution in [3.8, 4) is 22.8 Å². The van der Waals surface area contributed by atoms with Gasteiger partial charge in [-0.2, -0.15) is 25.6 Å². The number of hydrogen-bond donors (Lipinski definition) is 2. The third kappa shape index (κ3) is 5.27. The molecule has 40 heavy (non-hydrogen) atoms. The Bertz CT molecular complexity index is 1570. The first-order valence-corrected chi connectivity index (χ1v) is 13.6. The Morgan fingerprint density at radius 3 is 2.40 bits per heavy atom. The van der Waals surface area contributed by atoms with E-state index in [-0.39, 0.29) is 41.1 Å². The van der Waals surface area contributed by atoms with Crippen LogP contribution < -0.4 is 15.8 Å². The Labute approximate surface area is 229 Å². The van der Waals surface area contributed by atoms with Crippen molar-refractivity contribution >= 4 is 34.5 Å². The van der Waals surface area contributed by atoms with Crippen LogP contribution in [0.15, 0.2) is 30.6 Å². The largest absolute Gasteiger partial charge is 0.451 e. The van der Waals surface area contributed by atoms with E-state index in [1.165, 1.54) is 30.2 Å². The van der Waals surface area contributed by atoms with Gasteiger partial charge < -0.3 is 15.8 Å². The van der Waals surface area contributed by atoms with Gasteiger partial charge in [0.2, 0.25) is 23.3 Å². The molecule has 1 aliphatic rings. The first-order valence-electron chi connectivity index (χ1n) is 12.3. The molecule has 0 radical (unpaired) electrons. The van der Waals surface area contributed by atoms with E-state index in [1.807, 2.05) is 6.26 Å². The lowest BCUT2D eigenvalue weighted by molar-refractivity contribution is -0.119. The molecule has 2 heterocycles. The normalized spacial score (nSPS) is 17.2. The molecular formula is C26H23F5N6O2S. The van der Waals surface area contributed by atoms with Gasteiger partial charge >= 0.3 is 0 Å². The standard InChI is InChI=1S/C26H23F5N6O2S/c1-40-10-19(38)35-12-2-4-13(5-3-12)37-26-20(25(32)33-11-34-26)23(36-37)15-7-6-14(8-16(15)27)39-24-21(30)17(28)9-18(29)22(24)31/h6-9,11-13H,2-5,10H2,1H3,(H,35,38)(H2,32,33,34). The third-order valence-corrected chi connectivity index (χ3v) is 7.24. The van der Waals surface area contributed by atoms with Gasteiger partial charge in [0, 0.05) is 23.7 Å². The number of nitrogens with two attached hydrogens (primary N) is 1. The lowest BCUT2D eigenvalue weighted by Crippen LogP contribution is -2.39. The van der Waals surface area contributed by atoms with Crippen molar-refractivity contribution in [2.45, 2.75) is 37.8 Å². The monoisotopic (exact) mass is 578 g/mol. The van der Waals surface area contributed by atoms with Crippen molar-refractivity contribution in [3.05, 3.63) is 59.7 Å². The molecule has 0 unspecified atom stereocenters. The van der Waals surface area contributed by atoms with E-state index in [0.29, 0.717) is 29.6 Å². The van der Waals surface area contributed by atoms with Gasteiger partial charge in [-0.1, -0.05) is 0 Å². The van der Waals surface area contributed by atoms with E-state index in [1.54, 1.807) is 4.68 Å². The number of nitrogens with one attached hydrogen (secondary N) is 1. The highest BCUT2D eigenvalue weighted by atomic mass is 32.2. The maximum Gasteiger partial charge on any atom is 0.230 e. The molecule has 0 bridgehead atoms. The molecule has 1 saturated carbocycles. The summed E-state index contributed by atoms with van der Waals surface area (Å²) >= 11 is 1.45. The molecule has 1 fully saturated rings. The highest BCUT2D eigenvalue weighted by molar-refractivity contribution is 7.99. The predicted molar refractivity (Wildman–Crippen MR) is 139 cm³/mol. The number of anilines is 1. The van der Waals surface area contributed by atoms with E-state index in [9.17, 15) is 22.4 Å². The van der Waals surface area contributed by atoms with E-state index in [2.05, 4.69) is 20.4 Å². The summed E-state index contributed by atoms with van der Waals surface area (Å²) in [5, 5.41) is 7.97. The van der Waals surface area contributed by atoms with Crippen LogP contribution in [0.3, 0.4) is 0 Å². The molecule has 3 N–H and O–H groups in total. The number of carbonyl (C=O) groups excluding carboxylic acids is 1. The summed E-state index contributed by atoms with van der Waals surface area (Å²) in [7, 11) is 0. The zero-order valence-corrected chi connectivity index (χ0v) is 21.9. The van der Waals surface area contributed by atoms with Crippen molar-refractivity contribution in [2.75, 3.05) is 17.7 Å². The second-order valence-corrected chi connectivity index (χ2v) is 10.2. The maximum atomic E-state index is 15.4. The number of fused-ring (bicyclic) bond motifs is 1. The van der Waals surface area contributed by atoms with Crippen LogP contribution in [0, 0.1) is 29.1 Å². The molecule has 5 rings (SSSR count). The van der Waals surface area contributed by atoms with Crippen LogP contribution >= 0.6 is 11.8 Å². The van der Waals surface area contributed by atoms with Gasteiger partial charge in [0.25, 0.3) is 0 Å². The first kappa shape index (κ1) is 27.6. The Kier molecular flexibility index (Phi) is 7.79. The minimum Gasteiger partial charge on any atom is -0.451 e. The molecule has 0 spiro atoms. The first-order chi connectivity index (χ1) is 19.2. The molecule has 4 aromatic rings. The molecule has 0 aliphatic heterocycles. The average molecular weight is 579 g/mol. The number of amides is 1.